The third kappa shape index (κ3) is 4.56. The van der Waals surface area contributed by atoms with Crippen molar-refractivity contribution in [3.63, 3.8) is 0 Å². The Bertz CT molecular complexity index is 804. The van der Waals surface area contributed by atoms with Crippen LogP contribution in [-0.2, 0) is 10.0 Å². The molecule has 1 N–H and O–H groups in total. The molecular formula is C16H17BrN2O3S. The number of hydrogen-bond acceptors (Lipinski definition) is 3. The van der Waals surface area contributed by atoms with Crippen molar-refractivity contribution in [3.8, 4) is 0 Å². The zero-order chi connectivity index (χ0) is 17.0. The summed E-state index contributed by atoms with van der Waals surface area (Å²) < 4.78 is 25.5. The molecule has 0 saturated carbocycles. The van der Waals surface area contributed by atoms with Gasteiger partial charge in [0.15, 0.2) is 0 Å². The number of carbonyl (C=O) groups is 1. The second-order valence-corrected chi connectivity index (χ2v) is 7.76. The van der Waals surface area contributed by atoms with Crippen molar-refractivity contribution in [2.24, 2.45) is 0 Å². The highest BCUT2D eigenvalue weighted by molar-refractivity contribution is 9.10. The Morgan fingerprint density at radius 1 is 1.17 bits per heavy atom. The molecule has 0 atom stereocenters. The van der Waals surface area contributed by atoms with Gasteiger partial charge in [0.05, 0.1) is 11.9 Å². The summed E-state index contributed by atoms with van der Waals surface area (Å²) in [4.78, 5) is 12.2. The zero-order valence-corrected chi connectivity index (χ0v) is 15.2. The van der Waals surface area contributed by atoms with Crippen LogP contribution in [0.4, 0.5) is 11.4 Å². The van der Waals surface area contributed by atoms with Crippen LogP contribution in [0.1, 0.15) is 17.3 Å². The Balaban J connectivity index is 2.17. The maximum Gasteiger partial charge on any atom is 0.255 e. The molecule has 23 heavy (non-hydrogen) atoms. The highest BCUT2D eigenvalue weighted by atomic mass is 79.9. The van der Waals surface area contributed by atoms with Gasteiger partial charge in [0.25, 0.3) is 5.91 Å². The Labute approximate surface area is 144 Å². The molecule has 2 aromatic rings. The monoisotopic (exact) mass is 396 g/mol. The minimum absolute atomic E-state index is 0.253. The lowest BCUT2D eigenvalue weighted by Gasteiger charge is -2.20. The van der Waals surface area contributed by atoms with E-state index in [4.69, 9.17) is 0 Å². The normalized spacial score (nSPS) is 11.1. The van der Waals surface area contributed by atoms with E-state index in [9.17, 15) is 13.2 Å². The molecule has 0 spiro atoms. The van der Waals surface area contributed by atoms with E-state index in [-0.39, 0.29) is 5.91 Å². The molecular weight excluding hydrogens is 380 g/mol. The van der Waals surface area contributed by atoms with E-state index in [1.54, 1.807) is 43.3 Å². The van der Waals surface area contributed by atoms with Crippen LogP contribution in [0, 0.1) is 0 Å². The van der Waals surface area contributed by atoms with Crippen molar-refractivity contribution in [2.45, 2.75) is 6.92 Å². The zero-order valence-electron chi connectivity index (χ0n) is 12.8. The highest BCUT2D eigenvalue weighted by Gasteiger charge is 2.15. The number of benzene rings is 2. The second-order valence-electron chi connectivity index (χ2n) is 4.94. The van der Waals surface area contributed by atoms with Gasteiger partial charge >= 0.3 is 0 Å². The van der Waals surface area contributed by atoms with Crippen molar-refractivity contribution in [1.29, 1.82) is 0 Å². The Morgan fingerprint density at radius 3 is 2.35 bits per heavy atom. The summed E-state index contributed by atoms with van der Waals surface area (Å²) in [5, 5.41) is 2.79. The van der Waals surface area contributed by atoms with Gasteiger partial charge in [-0.3, -0.25) is 9.10 Å². The molecule has 0 fully saturated rings. The van der Waals surface area contributed by atoms with E-state index in [2.05, 4.69) is 21.2 Å². The van der Waals surface area contributed by atoms with E-state index < -0.39 is 10.0 Å². The number of nitrogens with zero attached hydrogens (tertiary/aromatic N) is 1. The summed E-state index contributed by atoms with van der Waals surface area (Å²) in [5.74, 6) is -0.253. The average molecular weight is 397 g/mol. The van der Waals surface area contributed by atoms with Gasteiger partial charge in [-0.2, -0.15) is 0 Å². The lowest BCUT2D eigenvalue weighted by atomic mass is 10.2. The summed E-state index contributed by atoms with van der Waals surface area (Å²) in [6.07, 6.45) is 1.16. The van der Waals surface area contributed by atoms with Crippen molar-refractivity contribution < 1.29 is 13.2 Å². The fourth-order valence-corrected chi connectivity index (χ4v) is 3.53. The summed E-state index contributed by atoms with van der Waals surface area (Å²) in [5.41, 5.74) is 1.67. The van der Waals surface area contributed by atoms with Gasteiger partial charge in [-0.05, 0) is 49.4 Å². The van der Waals surface area contributed by atoms with Crippen LogP contribution in [-0.4, -0.2) is 27.1 Å². The first-order valence-electron chi connectivity index (χ1n) is 6.96. The van der Waals surface area contributed by atoms with Crippen LogP contribution >= 0.6 is 15.9 Å². The van der Waals surface area contributed by atoms with E-state index in [0.717, 1.165) is 10.7 Å². The number of hydrogen-bond donors (Lipinski definition) is 1. The van der Waals surface area contributed by atoms with Gasteiger partial charge in [0.1, 0.15) is 0 Å². The van der Waals surface area contributed by atoms with Gasteiger partial charge in [0, 0.05) is 22.3 Å². The van der Waals surface area contributed by atoms with Gasteiger partial charge in [-0.15, -0.1) is 0 Å². The molecule has 122 valence electrons. The molecule has 0 heterocycles. The van der Waals surface area contributed by atoms with Crippen LogP contribution in [0.3, 0.4) is 0 Å². The number of nitrogens with one attached hydrogen (secondary N) is 1. The quantitative estimate of drug-likeness (QED) is 0.840. The molecule has 0 saturated heterocycles. The number of sulfonamides is 1. The molecule has 7 heteroatoms. The molecule has 0 aliphatic heterocycles. The van der Waals surface area contributed by atoms with Crippen molar-refractivity contribution in [3.05, 3.63) is 58.6 Å². The molecule has 0 unspecified atom stereocenters. The summed E-state index contributed by atoms with van der Waals surface area (Å²) in [7, 11) is -3.33. The lowest BCUT2D eigenvalue weighted by Crippen LogP contribution is -2.29. The Morgan fingerprint density at radius 2 is 1.83 bits per heavy atom. The van der Waals surface area contributed by atoms with Crippen LogP contribution in [0.2, 0.25) is 0 Å². The van der Waals surface area contributed by atoms with Crippen molar-refractivity contribution in [2.75, 3.05) is 22.4 Å². The van der Waals surface area contributed by atoms with Crippen molar-refractivity contribution in [1.82, 2.24) is 0 Å². The number of anilines is 2. The predicted octanol–water partition coefficient (Wildman–Crippen LogP) is 3.49. The van der Waals surface area contributed by atoms with Crippen LogP contribution < -0.4 is 9.62 Å². The number of carbonyl (C=O) groups excluding carboxylic acids is 1. The first-order valence-corrected chi connectivity index (χ1v) is 9.60. The molecule has 1 amide bonds. The fraction of sp³-hybridized carbons (Fsp3) is 0.188. The van der Waals surface area contributed by atoms with Crippen LogP contribution in [0.15, 0.2) is 53.0 Å². The molecule has 0 aliphatic rings. The smallest absolute Gasteiger partial charge is 0.255 e. The van der Waals surface area contributed by atoms with Crippen LogP contribution in [0.5, 0.6) is 0 Å². The second kappa shape index (κ2) is 7.14. The van der Waals surface area contributed by atoms with Crippen LogP contribution in [0.25, 0.3) is 0 Å². The van der Waals surface area contributed by atoms with Crippen molar-refractivity contribution >= 4 is 43.2 Å². The van der Waals surface area contributed by atoms with E-state index in [1.807, 2.05) is 12.1 Å². The number of amides is 1. The van der Waals surface area contributed by atoms with E-state index in [1.165, 1.54) is 4.31 Å². The Kier molecular flexibility index (Phi) is 5.43. The highest BCUT2D eigenvalue weighted by Crippen LogP contribution is 2.20. The molecule has 0 aliphatic carbocycles. The largest absolute Gasteiger partial charge is 0.322 e. The van der Waals surface area contributed by atoms with E-state index >= 15 is 0 Å². The minimum Gasteiger partial charge on any atom is -0.322 e. The van der Waals surface area contributed by atoms with Gasteiger partial charge < -0.3 is 5.32 Å². The SMILES string of the molecule is CCN(c1ccc(C(=O)Nc2cccc(Br)c2)cc1)S(C)(=O)=O. The lowest BCUT2D eigenvalue weighted by molar-refractivity contribution is 0.102. The topological polar surface area (TPSA) is 66.5 Å². The van der Waals surface area contributed by atoms with Gasteiger partial charge in [-0.1, -0.05) is 22.0 Å². The number of rotatable bonds is 5. The minimum atomic E-state index is -3.33. The summed E-state index contributed by atoms with van der Waals surface area (Å²) in [6.45, 7) is 2.09. The molecule has 0 aromatic heterocycles. The third-order valence-corrected chi connectivity index (χ3v) is 4.95. The standard InChI is InChI=1S/C16H17BrN2O3S/c1-3-19(23(2,21)22)15-9-7-12(8-10-15)16(20)18-14-6-4-5-13(17)11-14/h4-11H,3H2,1-2H3,(H,18,20). The van der Waals surface area contributed by atoms with Gasteiger partial charge in [0.2, 0.25) is 10.0 Å². The first kappa shape index (κ1) is 17.5. The molecule has 0 bridgehead atoms. The fourth-order valence-electron chi connectivity index (χ4n) is 2.16. The predicted molar refractivity (Wildman–Crippen MR) is 96.4 cm³/mol. The molecule has 2 rings (SSSR count). The summed E-state index contributed by atoms with van der Waals surface area (Å²) >= 11 is 3.35. The van der Waals surface area contributed by atoms with Gasteiger partial charge in [-0.25, -0.2) is 8.42 Å². The molecule has 0 radical (unpaired) electrons. The Hall–Kier alpha value is -1.86. The maximum absolute atomic E-state index is 12.2. The molecule has 5 nitrogen and oxygen atoms in total. The van der Waals surface area contributed by atoms with E-state index in [0.29, 0.717) is 23.5 Å². The number of halogens is 1. The summed E-state index contributed by atoms with van der Waals surface area (Å²) in [6, 6.07) is 13.8. The maximum atomic E-state index is 12.2. The average Bonchev–Trinajstić information content (AvgIpc) is 2.47. The first-order chi connectivity index (χ1) is 10.8. The third-order valence-electron chi connectivity index (χ3n) is 3.19. The molecule has 2 aromatic carbocycles.